The Morgan fingerprint density at radius 1 is 1.37 bits per heavy atom. The Labute approximate surface area is 189 Å². The molecule has 30 heavy (non-hydrogen) atoms. The maximum atomic E-state index is 12.8. The summed E-state index contributed by atoms with van der Waals surface area (Å²) in [6, 6.07) is 5.71. The van der Waals surface area contributed by atoms with Crippen molar-refractivity contribution in [3.63, 3.8) is 0 Å². The van der Waals surface area contributed by atoms with Gasteiger partial charge in [0.15, 0.2) is 4.34 Å². The molecular formula is C20H25ClN4O3S2. The van der Waals surface area contributed by atoms with Crippen molar-refractivity contribution in [3.05, 3.63) is 28.8 Å². The van der Waals surface area contributed by atoms with Crippen LogP contribution in [0, 0.1) is 12.8 Å². The van der Waals surface area contributed by atoms with E-state index in [1.165, 1.54) is 23.1 Å². The number of nitrogens with one attached hydrogen (secondary N) is 1. The number of esters is 1. The third kappa shape index (κ3) is 5.86. The number of anilines is 2. The fraction of sp³-hybridized carbons (Fsp3) is 0.500. The second-order valence-corrected chi connectivity index (χ2v) is 10.0. The molecule has 1 unspecified atom stereocenters. The van der Waals surface area contributed by atoms with Crippen LogP contribution in [0.1, 0.15) is 32.3 Å². The Morgan fingerprint density at radius 3 is 2.77 bits per heavy atom. The van der Waals surface area contributed by atoms with Crippen molar-refractivity contribution >= 4 is 57.4 Å². The molecule has 1 aliphatic rings. The molecule has 0 aliphatic carbocycles. The average Bonchev–Trinajstić information content (AvgIpc) is 3.17. The van der Waals surface area contributed by atoms with Gasteiger partial charge in [-0.05, 0) is 51.3 Å². The minimum absolute atomic E-state index is 0.0531. The Hall–Kier alpha value is -1.84. The third-order valence-electron chi connectivity index (χ3n) is 4.88. The molecule has 1 aromatic carbocycles. The second-order valence-electron chi connectivity index (χ2n) is 7.07. The molecule has 162 valence electrons. The van der Waals surface area contributed by atoms with Crippen LogP contribution in [0.3, 0.4) is 0 Å². The minimum atomic E-state index is -0.279. The Morgan fingerprint density at radius 2 is 2.10 bits per heavy atom. The number of aryl methyl sites for hydroxylation is 1. The van der Waals surface area contributed by atoms with E-state index in [9.17, 15) is 9.59 Å². The molecule has 2 aromatic rings. The van der Waals surface area contributed by atoms with Gasteiger partial charge in [0.1, 0.15) is 0 Å². The molecule has 1 N–H and O–H groups in total. The summed E-state index contributed by atoms with van der Waals surface area (Å²) in [4.78, 5) is 26.5. The number of amides is 1. The van der Waals surface area contributed by atoms with Crippen molar-refractivity contribution < 1.29 is 14.3 Å². The van der Waals surface area contributed by atoms with E-state index < -0.39 is 0 Å². The molecule has 1 fully saturated rings. The van der Waals surface area contributed by atoms with Crippen LogP contribution in [0.4, 0.5) is 10.8 Å². The number of carbonyl (C=O) groups is 2. The standard InChI is InChI=1S/C20H25ClN4O3S2/c1-4-28-18(27)14-7-9-25(10-8-14)17(26)13(3)29-20-24-23-19(30-20)22-15-6-5-12(2)16(21)11-15/h5-6,11,13-14H,4,7-10H2,1-3H3,(H,22,23). The highest BCUT2D eigenvalue weighted by Crippen LogP contribution is 2.32. The van der Waals surface area contributed by atoms with Gasteiger partial charge in [0.25, 0.3) is 0 Å². The molecule has 2 heterocycles. The molecule has 3 rings (SSSR count). The summed E-state index contributed by atoms with van der Waals surface area (Å²) in [7, 11) is 0. The lowest BCUT2D eigenvalue weighted by Gasteiger charge is -2.32. The third-order valence-corrected chi connectivity index (χ3v) is 7.30. The number of halogens is 1. The minimum Gasteiger partial charge on any atom is -0.466 e. The molecular weight excluding hydrogens is 444 g/mol. The fourth-order valence-electron chi connectivity index (χ4n) is 3.16. The van der Waals surface area contributed by atoms with Gasteiger partial charge < -0.3 is 15.0 Å². The van der Waals surface area contributed by atoms with E-state index in [0.29, 0.717) is 42.7 Å². The van der Waals surface area contributed by atoms with Crippen LogP contribution in [-0.4, -0.2) is 51.9 Å². The van der Waals surface area contributed by atoms with Crippen LogP contribution < -0.4 is 5.32 Å². The van der Waals surface area contributed by atoms with E-state index in [2.05, 4.69) is 15.5 Å². The molecule has 1 saturated heterocycles. The summed E-state index contributed by atoms with van der Waals surface area (Å²) >= 11 is 8.95. The van der Waals surface area contributed by atoms with Gasteiger partial charge in [-0.3, -0.25) is 9.59 Å². The largest absolute Gasteiger partial charge is 0.466 e. The van der Waals surface area contributed by atoms with Gasteiger partial charge >= 0.3 is 5.97 Å². The van der Waals surface area contributed by atoms with Crippen LogP contribution in [0.2, 0.25) is 5.02 Å². The molecule has 0 radical (unpaired) electrons. The first-order chi connectivity index (χ1) is 14.4. The van der Waals surface area contributed by atoms with Gasteiger partial charge in [0, 0.05) is 23.8 Å². The molecule has 7 nitrogen and oxygen atoms in total. The van der Waals surface area contributed by atoms with Gasteiger partial charge in [-0.2, -0.15) is 0 Å². The monoisotopic (exact) mass is 468 g/mol. The number of ether oxygens (including phenoxy) is 1. The van der Waals surface area contributed by atoms with Crippen molar-refractivity contribution in [1.82, 2.24) is 15.1 Å². The molecule has 1 aliphatic heterocycles. The number of hydrogen-bond acceptors (Lipinski definition) is 8. The summed E-state index contributed by atoms with van der Waals surface area (Å²) in [5.41, 5.74) is 1.85. The first kappa shape index (κ1) is 22.8. The molecule has 1 amide bonds. The van der Waals surface area contributed by atoms with Crippen LogP contribution in [0.25, 0.3) is 0 Å². The van der Waals surface area contributed by atoms with Crippen molar-refractivity contribution in [1.29, 1.82) is 0 Å². The van der Waals surface area contributed by atoms with Crippen molar-refractivity contribution in [2.75, 3.05) is 25.0 Å². The zero-order chi connectivity index (χ0) is 21.7. The highest BCUT2D eigenvalue weighted by Gasteiger charge is 2.30. The lowest BCUT2D eigenvalue weighted by molar-refractivity contribution is -0.151. The number of thioether (sulfide) groups is 1. The van der Waals surface area contributed by atoms with E-state index >= 15 is 0 Å². The highest BCUT2D eigenvalue weighted by atomic mass is 35.5. The van der Waals surface area contributed by atoms with E-state index in [4.69, 9.17) is 16.3 Å². The molecule has 0 saturated carbocycles. The first-order valence-corrected chi connectivity index (χ1v) is 11.9. The van der Waals surface area contributed by atoms with E-state index in [1.807, 2.05) is 36.9 Å². The van der Waals surface area contributed by atoms with Gasteiger partial charge in [-0.15, -0.1) is 10.2 Å². The number of nitrogens with zero attached hydrogens (tertiary/aromatic N) is 3. The average molecular weight is 469 g/mol. The van der Waals surface area contributed by atoms with Gasteiger partial charge in [-0.1, -0.05) is 40.8 Å². The maximum absolute atomic E-state index is 12.8. The van der Waals surface area contributed by atoms with Gasteiger partial charge in [0.05, 0.1) is 17.8 Å². The van der Waals surface area contributed by atoms with Crippen LogP contribution >= 0.6 is 34.7 Å². The Balaban J connectivity index is 1.51. The second kappa shape index (κ2) is 10.5. The first-order valence-electron chi connectivity index (χ1n) is 9.86. The molecule has 0 bridgehead atoms. The predicted molar refractivity (Wildman–Crippen MR) is 121 cm³/mol. The maximum Gasteiger partial charge on any atom is 0.309 e. The smallest absolute Gasteiger partial charge is 0.309 e. The van der Waals surface area contributed by atoms with E-state index in [1.54, 1.807) is 6.92 Å². The predicted octanol–water partition coefficient (Wildman–Crippen LogP) is 4.53. The van der Waals surface area contributed by atoms with Gasteiger partial charge in [0.2, 0.25) is 11.0 Å². The summed E-state index contributed by atoms with van der Waals surface area (Å²) in [6.07, 6.45) is 1.29. The number of piperidine rings is 1. The van der Waals surface area contributed by atoms with Crippen molar-refractivity contribution in [3.8, 4) is 0 Å². The van der Waals surface area contributed by atoms with Crippen molar-refractivity contribution in [2.45, 2.75) is 43.2 Å². The number of benzene rings is 1. The molecule has 1 atom stereocenters. The van der Waals surface area contributed by atoms with Crippen LogP contribution in [0.5, 0.6) is 0 Å². The summed E-state index contributed by atoms with van der Waals surface area (Å²) in [6.45, 7) is 7.16. The number of aromatic nitrogens is 2. The molecule has 0 spiro atoms. The number of carbonyl (C=O) groups excluding carboxylic acids is 2. The molecule has 10 heteroatoms. The number of rotatable bonds is 7. The summed E-state index contributed by atoms with van der Waals surface area (Å²) in [5.74, 6) is -0.211. The Kier molecular flexibility index (Phi) is 7.96. The highest BCUT2D eigenvalue weighted by molar-refractivity contribution is 8.02. The van der Waals surface area contributed by atoms with Gasteiger partial charge in [-0.25, -0.2) is 0 Å². The van der Waals surface area contributed by atoms with Crippen molar-refractivity contribution in [2.24, 2.45) is 5.92 Å². The lowest BCUT2D eigenvalue weighted by atomic mass is 9.97. The fourth-order valence-corrected chi connectivity index (χ4v) is 5.34. The molecule has 1 aromatic heterocycles. The topological polar surface area (TPSA) is 84.4 Å². The summed E-state index contributed by atoms with van der Waals surface area (Å²) in [5, 5.41) is 12.6. The normalized spacial score (nSPS) is 15.7. The van der Waals surface area contributed by atoms with E-state index in [0.717, 1.165) is 15.6 Å². The zero-order valence-electron chi connectivity index (χ0n) is 17.2. The number of likely N-dealkylation sites (tertiary alicyclic amines) is 1. The quantitative estimate of drug-likeness (QED) is 0.472. The lowest BCUT2D eigenvalue weighted by Crippen LogP contribution is -2.43. The SMILES string of the molecule is CCOC(=O)C1CCN(C(=O)C(C)Sc2nnc(Nc3ccc(C)c(Cl)c3)s2)CC1. The summed E-state index contributed by atoms with van der Waals surface area (Å²) < 4.78 is 5.81. The van der Waals surface area contributed by atoms with E-state index in [-0.39, 0.29) is 23.0 Å². The Bertz CT molecular complexity index is 900. The van der Waals surface area contributed by atoms with Crippen LogP contribution in [0.15, 0.2) is 22.5 Å². The number of hydrogen-bond donors (Lipinski definition) is 1. The zero-order valence-corrected chi connectivity index (χ0v) is 19.6. The van der Waals surface area contributed by atoms with Crippen LogP contribution in [-0.2, 0) is 14.3 Å².